The number of Topliss-reactive ketones (excluding diaryl/α,β-unsaturated/α-hetero) is 1. The lowest BCUT2D eigenvalue weighted by atomic mass is 9.93. The van der Waals surface area contributed by atoms with Gasteiger partial charge in [-0.1, -0.05) is 30.8 Å². The average Bonchev–Trinajstić information content (AvgIpc) is 2.46. The fourth-order valence-electron chi connectivity index (χ4n) is 2.06. The van der Waals surface area contributed by atoms with Crippen LogP contribution in [0.15, 0.2) is 36.4 Å². The Morgan fingerprint density at radius 3 is 2.22 bits per heavy atom. The highest BCUT2D eigenvalue weighted by Crippen LogP contribution is 2.15. The van der Waals surface area contributed by atoms with Gasteiger partial charge in [0.05, 0.1) is 6.61 Å². The van der Waals surface area contributed by atoms with Gasteiger partial charge >= 0.3 is 5.97 Å². The first-order valence-corrected chi connectivity index (χ1v) is 7.44. The number of ether oxygens (including phenoxy) is 1. The second kappa shape index (κ2) is 7.72. The smallest absolute Gasteiger partial charge is 0.379 e. The van der Waals surface area contributed by atoms with Gasteiger partial charge in [-0.25, -0.2) is 4.79 Å². The maximum absolute atomic E-state index is 11.8. The molecular weight excluding hydrogens is 294 g/mol. The van der Waals surface area contributed by atoms with E-state index in [2.05, 4.69) is 11.9 Å². The highest BCUT2D eigenvalue weighted by atomic mass is 16.5. The molecule has 0 atom stereocenters. The van der Waals surface area contributed by atoms with Gasteiger partial charge in [0.2, 0.25) is 5.91 Å². The van der Waals surface area contributed by atoms with Crippen LogP contribution >= 0.6 is 0 Å². The summed E-state index contributed by atoms with van der Waals surface area (Å²) >= 11 is 0. The third-order valence-corrected chi connectivity index (χ3v) is 3.16. The van der Waals surface area contributed by atoms with Crippen molar-refractivity contribution in [3.8, 4) is 0 Å². The summed E-state index contributed by atoms with van der Waals surface area (Å²) in [6, 6.07) is 6.71. The van der Waals surface area contributed by atoms with Gasteiger partial charge in [0.25, 0.3) is 5.78 Å². The van der Waals surface area contributed by atoms with E-state index in [-0.39, 0.29) is 18.1 Å². The van der Waals surface area contributed by atoms with E-state index in [1.807, 2.05) is 13.8 Å². The number of carbonyl (C=O) groups is 3. The molecular formula is C18H23NO4. The fourth-order valence-corrected chi connectivity index (χ4v) is 2.06. The molecule has 0 aliphatic carbocycles. The van der Waals surface area contributed by atoms with Crippen molar-refractivity contribution >= 4 is 17.7 Å². The molecule has 5 nitrogen and oxygen atoms in total. The topological polar surface area (TPSA) is 72.5 Å². The lowest BCUT2D eigenvalue weighted by Crippen LogP contribution is -2.45. The molecule has 0 saturated carbocycles. The Hall–Kier alpha value is -2.43. The summed E-state index contributed by atoms with van der Waals surface area (Å²) in [5.41, 5.74) is 1.23. The molecule has 0 bridgehead atoms. The Morgan fingerprint density at radius 1 is 1.17 bits per heavy atom. The fraction of sp³-hybridized carbons (Fsp3) is 0.389. The summed E-state index contributed by atoms with van der Waals surface area (Å²) in [6.45, 7) is 10.9. The highest BCUT2D eigenvalue weighted by molar-refractivity contribution is 6.40. The molecule has 0 unspecified atom stereocenters. The minimum atomic E-state index is -0.852. The van der Waals surface area contributed by atoms with E-state index in [4.69, 9.17) is 4.74 Å². The largest absolute Gasteiger partial charge is 0.460 e. The molecule has 1 aromatic rings. The number of rotatable bonds is 7. The van der Waals surface area contributed by atoms with E-state index in [1.54, 1.807) is 38.1 Å². The van der Waals surface area contributed by atoms with Crippen molar-refractivity contribution in [1.29, 1.82) is 0 Å². The normalized spacial score (nSPS) is 10.8. The van der Waals surface area contributed by atoms with Gasteiger partial charge in [0.1, 0.15) is 0 Å². The summed E-state index contributed by atoms with van der Waals surface area (Å²) in [4.78, 5) is 34.9. The van der Waals surface area contributed by atoms with Crippen molar-refractivity contribution in [2.45, 2.75) is 39.7 Å². The number of benzene rings is 1. The second-order valence-electron chi connectivity index (χ2n) is 6.04. The standard InChI is InChI=1S/C18H23NO4/c1-6-23-17(22)15(20)14-9-7-13(8-10-14)11-18(4,5)19-16(21)12(2)3/h7-10H,2,6,11H2,1,3-5H3,(H,19,21). The number of carbonyl (C=O) groups excluding carboxylic acids is 3. The zero-order chi connectivity index (χ0) is 17.6. The zero-order valence-corrected chi connectivity index (χ0v) is 14.1. The first-order chi connectivity index (χ1) is 10.7. The van der Waals surface area contributed by atoms with E-state index < -0.39 is 17.3 Å². The quantitative estimate of drug-likeness (QED) is 0.363. The van der Waals surface area contributed by atoms with Crippen molar-refractivity contribution in [3.63, 3.8) is 0 Å². The van der Waals surface area contributed by atoms with Crippen LogP contribution in [0.3, 0.4) is 0 Å². The van der Waals surface area contributed by atoms with Gasteiger partial charge in [-0.05, 0) is 39.7 Å². The number of nitrogens with one attached hydrogen (secondary N) is 1. The van der Waals surface area contributed by atoms with Crippen molar-refractivity contribution in [2.24, 2.45) is 0 Å². The number of esters is 1. The van der Waals surface area contributed by atoms with Crippen LogP contribution in [-0.4, -0.2) is 29.8 Å². The van der Waals surface area contributed by atoms with Crippen molar-refractivity contribution in [1.82, 2.24) is 5.32 Å². The minimum absolute atomic E-state index is 0.166. The predicted octanol–water partition coefficient (Wildman–Crippen LogP) is 2.45. The van der Waals surface area contributed by atoms with E-state index in [0.717, 1.165) is 5.56 Å². The van der Waals surface area contributed by atoms with E-state index in [9.17, 15) is 14.4 Å². The van der Waals surface area contributed by atoms with E-state index in [1.165, 1.54) is 0 Å². The lowest BCUT2D eigenvalue weighted by molar-refractivity contribution is -0.137. The Kier molecular flexibility index (Phi) is 6.25. The second-order valence-corrected chi connectivity index (χ2v) is 6.04. The maximum atomic E-state index is 11.8. The van der Waals surface area contributed by atoms with Crippen LogP contribution in [-0.2, 0) is 20.7 Å². The molecule has 23 heavy (non-hydrogen) atoms. The van der Waals surface area contributed by atoms with Gasteiger partial charge in [-0.2, -0.15) is 0 Å². The van der Waals surface area contributed by atoms with Gasteiger partial charge in [-0.15, -0.1) is 0 Å². The summed E-state index contributed by atoms with van der Waals surface area (Å²) in [6.07, 6.45) is 0.583. The SMILES string of the molecule is C=C(C)C(=O)NC(C)(C)Cc1ccc(C(=O)C(=O)OCC)cc1. The van der Waals surface area contributed by atoms with Crippen LogP contribution in [0.1, 0.15) is 43.6 Å². The Labute approximate surface area is 136 Å². The number of ketones is 1. The Bertz CT molecular complexity index is 614. The molecule has 124 valence electrons. The molecule has 1 aromatic carbocycles. The molecule has 0 heterocycles. The monoisotopic (exact) mass is 317 g/mol. The minimum Gasteiger partial charge on any atom is -0.460 e. The molecule has 0 radical (unpaired) electrons. The van der Waals surface area contributed by atoms with Gasteiger partial charge in [0.15, 0.2) is 0 Å². The van der Waals surface area contributed by atoms with E-state index >= 15 is 0 Å². The summed E-state index contributed by atoms with van der Waals surface area (Å²) in [7, 11) is 0. The third-order valence-electron chi connectivity index (χ3n) is 3.16. The average molecular weight is 317 g/mol. The third kappa shape index (κ3) is 5.70. The van der Waals surface area contributed by atoms with Gasteiger partial charge < -0.3 is 10.1 Å². The van der Waals surface area contributed by atoms with Crippen LogP contribution in [0, 0.1) is 0 Å². The molecule has 0 aliphatic heterocycles. The predicted molar refractivity (Wildman–Crippen MR) is 88.1 cm³/mol. The summed E-state index contributed by atoms with van der Waals surface area (Å²) in [5.74, 6) is -1.70. The molecule has 0 fully saturated rings. The molecule has 1 amide bonds. The van der Waals surface area contributed by atoms with Crippen LogP contribution in [0.25, 0.3) is 0 Å². The summed E-state index contributed by atoms with van der Waals surface area (Å²) in [5, 5.41) is 2.90. The number of hydrogen-bond acceptors (Lipinski definition) is 4. The Balaban J connectivity index is 2.77. The molecule has 1 N–H and O–H groups in total. The van der Waals surface area contributed by atoms with Gasteiger partial charge in [-0.3, -0.25) is 9.59 Å². The number of hydrogen-bond donors (Lipinski definition) is 1. The molecule has 0 aromatic heterocycles. The molecule has 1 rings (SSSR count). The zero-order valence-electron chi connectivity index (χ0n) is 14.1. The highest BCUT2D eigenvalue weighted by Gasteiger charge is 2.22. The van der Waals surface area contributed by atoms with Crippen molar-refractivity contribution in [3.05, 3.63) is 47.5 Å². The first-order valence-electron chi connectivity index (χ1n) is 7.44. The van der Waals surface area contributed by atoms with Crippen molar-refractivity contribution in [2.75, 3.05) is 6.61 Å². The van der Waals surface area contributed by atoms with Crippen LogP contribution in [0.4, 0.5) is 0 Å². The van der Waals surface area contributed by atoms with Crippen LogP contribution in [0.5, 0.6) is 0 Å². The van der Waals surface area contributed by atoms with Crippen LogP contribution in [0.2, 0.25) is 0 Å². The molecule has 5 heteroatoms. The molecule has 0 saturated heterocycles. The maximum Gasteiger partial charge on any atom is 0.379 e. The molecule has 0 spiro atoms. The molecule has 0 aliphatic rings. The van der Waals surface area contributed by atoms with E-state index in [0.29, 0.717) is 12.0 Å². The first kappa shape index (κ1) is 18.6. The van der Waals surface area contributed by atoms with Crippen molar-refractivity contribution < 1.29 is 19.1 Å². The lowest BCUT2D eigenvalue weighted by Gasteiger charge is -2.26. The summed E-state index contributed by atoms with van der Waals surface area (Å²) < 4.78 is 4.69. The van der Waals surface area contributed by atoms with Crippen LogP contribution < -0.4 is 5.32 Å². The Morgan fingerprint density at radius 2 is 1.74 bits per heavy atom. The van der Waals surface area contributed by atoms with Gasteiger partial charge in [0, 0.05) is 16.7 Å². The number of amides is 1.